The summed E-state index contributed by atoms with van der Waals surface area (Å²) in [5.41, 5.74) is 1.08. The number of amides is 4. The van der Waals surface area contributed by atoms with E-state index >= 15 is 0 Å². The van der Waals surface area contributed by atoms with Gasteiger partial charge in [0.1, 0.15) is 5.82 Å². The fourth-order valence-electron chi connectivity index (χ4n) is 7.54. The van der Waals surface area contributed by atoms with Gasteiger partial charge in [0.25, 0.3) is 11.8 Å². The molecule has 2 heterocycles. The number of imide groups is 2. The summed E-state index contributed by atoms with van der Waals surface area (Å²) in [6.07, 6.45) is 4.71. The molecule has 6 rings (SSSR count). The maximum Gasteiger partial charge on any atom is 0.303 e. The molecule has 11 nitrogen and oxygen atoms in total. The Labute approximate surface area is 284 Å². The molecular weight excluding hydrogens is 670 g/mol. The van der Waals surface area contributed by atoms with Crippen molar-refractivity contribution in [2.75, 3.05) is 25.7 Å². The first-order valence-electron chi connectivity index (χ1n) is 15.2. The zero-order valence-corrected chi connectivity index (χ0v) is 27.3. The van der Waals surface area contributed by atoms with E-state index in [2.05, 4.69) is 0 Å². The number of rotatable bonds is 9. The molecule has 2 saturated heterocycles. The first-order chi connectivity index (χ1) is 22.8. The molecule has 14 heteroatoms. The average molecular weight is 702 g/mol. The van der Waals surface area contributed by atoms with Crippen LogP contribution in [0.2, 0.25) is 0 Å². The molecule has 252 valence electrons. The van der Waals surface area contributed by atoms with Crippen LogP contribution in [0.25, 0.3) is 6.08 Å². The lowest BCUT2D eigenvalue weighted by molar-refractivity contribution is -0.142. The fourth-order valence-corrected chi connectivity index (χ4v) is 8.43. The highest BCUT2D eigenvalue weighted by Gasteiger charge is 2.76. The molecule has 0 radical (unpaired) electrons. The van der Waals surface area contributed by atoms with Crippen LogP contribution >= 0.6 is 23.2 Å². The molecule has 0 spiro atoms. The zero-order chi connectivity index (χ0) is 34.7. The largest absolute Gasteiger partial charge is 0.502 e. The van der Waals surface area contributed by atoms with Gasteiger partial charge in [0, 0.05) is 18.9 Å². The Kier molecular flexibility index (Phi) is 8.53. The lowest BCUT2D eigenvalue weighted by Gasteiger charge is -2.49. The molecular formula is C34H31Cl2FN2O9. The van der Waals surface area contributed by atoms with Crippen molar-refractivity contribution in [1.82, 2.24) is 4.90 Å². The van der Waals surface area contributed by atoms with Crippen LogP contribution in [0, 0.1) is 29.5 Å². The number of carbonyl (C=O) groups excluding carboxylic acids is 4. The van der Waals surface area contributed by atoms with Crippen molar-refractivity contribution in [2.45, 2.75) is 35.4 Å². The van der Waals surface area contributed by atoms with Crippen LogP contribution in [-0.4, -0.2) is 75.2 Å². The fraction of sp³-hybridized carbons (Fsp3) is 0.382. The summed E-state index contributed by atoms with van der Waals surface area (Å²) in [6, 6.07) is 7.76. The molecule has 0 bridgehead atoms. The second-order valence-electron chi connectivity index (χ2n) is 12.3. The van der Waals surface area contributed by atoms with E-state index in [4.69, 9.17) is 37.8 Å². The normalized spacial score (nSPS) is 29.6. The maximum absolute atomic E-state index is 14.4. The molecule has 2 N–H and O–H groups in total. The minimum atomic E-state index is -2.11. The van der Waals surface area contributed by atoms with Gasteiger partial charge in [-0.05, 0) is 67.1 Å². The topological polar surface area (TPSA) is 151 Å². The molecule has 2 aliphatic heterocycles. The summed E-state index contributed by atoms with van der Waals surface area (Å²) in [5.74, 6) is -7.83. The Morgan fingerprint density at radius 1 is 1.02 bits per heavy atom. The predicted molar refractivity (Wildman–Crippen MR) is 171 cm³/mol. The summed E-state index contributed by atoms with van der Waals surface area (Å²) in [6.45, 7) is -0.0753. The number of carboxylic acids is 1. The van der Waals surface area contributed by atoms with Gasteiger partial charge in [-0.25, -0.2) is 9.29 Å². The molecule has 4 aliphatic rings. The number of aliphatic carboxylic acids is 1. The van der Waals surface area contributed by atoms with Crippen LogP contribution in [0.3, 0.4) is 0 Å². The molecule has 4 amide bonds. The number of phenols is 1. The number of anilines is 1. The third-order valence-electron chi connectivity index (χ3n) is 9.80. The van der Waals surface area contributed by atoms with E-state index in [-0.39, 0.29) is 55.2 Å². The number of fused-ring (bicyclic) bond motifs is 4. The Morgan fingerprint density at radius 2 is 1.67 bits per heavy atom. The third-order valence-corrected chi connectivity index (χ3v) is 11.2. The number of allylic oxidation sites excluding steroid dienone is 3. The molecule has 6 atom stereocenters. The van der Waals surface area contributed by atoms with Gasteiger partial charge in [-0.1, -0.05) is 23.8 Å². The van der Waals surface area contributed by atoms with Gasteiger partial charge >= 0.3 is 5.97 Å². The standard InChI is InChI=1S/C34H31Cl2FN2O9/c1-47-24-14-17(15-25(48-2)28(24)42)5-12-23-20-10-11-21-27(30(44)38(29(21)43)13-3-4-26(40)41)22(20)16-33(35)31(45)39(32(46)34(23,33)36)19-8-6-18(37)7-9-19/h5-10,12,14-15,21-23,27,42H,3-4,11,13,16H2,1-2H3,(H,40,41)/t21-,22+,23-,27-,33+,34-/m0/s1. The predicted octanol–water partition coefficient (Wildman–Crippen LogP) is 4.52. The first-order valence-corrected chi connectivity index (χ1v) is 16.0. The van der Waals surface area contributed by atoms with Gasteiger partial charge in [-0.3, -0.25) is 28.9 Å². The number of alkyl halides is 2. The number of halogens is 3. The Balaban J connectivity index is 1.46. The highest BCUT2D eigenvalue weighted by molar-refractivity contribution is 6.58. The SMILES string of the molecule is COc1cc(C=C[C@H]2C3=CC[C@@H]4C(=O)N(CCCC(=O)O)C(=O)[C@@H]4[C@@H]3C[C@@]3(Cl)C(=O)N(c4ccc(F)cc4)C(=O)[C@@]23Cl)cc(OC)c1O. The van der Waals surface area contributed by atoms with Crippen molar-refractivity contribution < 1.29 is 48.0 Å². The van der Waals surface area contributed by atoms with E-state index in [0.717, 1.165) is 21.9 Å². The highest BCUT2D eigenvalue weighted by atomic mass is 35.5. The number of hydrogen-bond acceptors (Lipinski definition) is 8. The number of likely N-dealkylation sites (tertiary alicyclic amines) is 1. The smallest absolute Gasteiger partial charge is 0.303 e. The lowest BCUT2D eigenvalue weighted by atomic mass is 9.57. The van der Waals surface area contributed by atoms with Gasteiger partial charge in [0.05, 0.1) is 31.7 Å². The molecule has 0 unspecified atom stereocenters. The van der Waals surface area contributed by atoms with Crippen molar-refractivity contribution in [2.24, 2.45) is 23.7 Å². The van der Waals surface area contributed by atoms with Crippen molar-refractivity contribution >= 4 is 64.6 Å². The molecule has 0 aromatic heterocycles. The van der Waals surface area contributed by atoms with Gasteiger partial charge in [0.15, 0.2) is 21.2 Å². The van der Waals surface area contributed by atoms with Crippen LogP contribution in [0.15, 0.2) is 54.1 Å². The number of ether oxygens (including phenoxy) is 2. The molecule has 1 saturated carbocycles. The van der Waals surface area contributed by atoms with Crippen LogP contribution < -0.4 is 14.4 Å². The number of carboxylic acid groups (broad SMARTS) is 1. The second-order valence-corrected chi connectivity index (χ2v) is 13.5. The van der Waals surface area contributed by atoms with E-state index in [1.165, 1.54) is 38.5 Å². The number of hydrogen-bond donors (Lipinski definition) is 2. The van der Waals surface area contributed by atoms with E-state index in [1.54, 1.807) is 18.2 Å². The van der Waals surface area contributed by atoms with Crippen LogP contribution in [0.5, 0.6) is 17.2 Å². The van der Waals surface area contributed by atoms with Crippen molar-refractivity contribution in [1.29, 1.82) is 0 Å². The zero-order valence-electron chi connectivity index (χ0n) is 25.8. The summed E-state index contributed by atoms with van der Waals surface area (Å²) in [4.78, 5) is 64.7. The van der Waals surface area contributed by atoms with E-state index in [1.807, 2.05) is 0 Å². The van der Waals surface area contributed by atoms with E-state index in [9.17, 15) is 33.5 Å². The van der Waals surface area contributed by atoms with E-state index < -0.39 is 68.8 Å². The lowest BCUT2D eigenvalue weighted by Crippen LogP contribution is -2.60. The summed E-state index contributed by atoms with van der Waals surface area (Å²) < 4.78 is 24.4. The second kappa shape index (κ2) is 12.2. The average Bonchev–Trinajstić information content (AvgIpc) is 3.38. The Bertz CT molecular complexity index is 1770. The number of carbonyl (C=O) groups is 5. The first kappa shape index (κ1) is 33.5. The number of benzene rings is 2. The Hall–Kier alpha value is -4.42. The van der Waals surface area contributed by atoms with Crippen LogP contribution in [0.4, 0.5) is 10.1 Å². The molecule has 3 fully saturated rings. The minimum absolute atomic E-state index is 0.0585. The van der Waals surface area contributed by atoms with Crippen LogP contribution in [-0.2, 0) is 24.0 Å². The number of nitrogens with zero attached hydrogens (tertiary/aromatic N) is 2. The van der Waals surface area contributed by atoms with Crippen molar-refractivity contribution in [3.05, 3.63) is 65.5 Å². The molecule has 2 aromatic carbocycles. The number of phenolic OH excluding ortho intramolecular Hbond substituents is 1. The molecule has 2 aliphatic carbocycles. The van der Waals surface area contributed by atoms with Gasteiger partial charge < -0.3 is 19.7 Å². The number of methoxy groups -OCH3 is 2. The van der Waals surface area contributed by atoms with E-state index in [0.29, 0.717) is 11.1 Å². The summed E-state index contributed by atoms with van der Waals surface area (Å²) >= 11 is 14.6. The van der Waals surface area contributed by atoms with Crippen molar-refractivity contribution in [3.8, 4) is 17.2 Å². The minimum Gasteiger partial charge on any atom is -0.502 e. The summed E-state index contributed by atoms with van der Waals surface area (Å²) in [7, 11) is 2.73. The summed E-state index contributed by atoms with van der Waals surface area (Å²) in [5, 5.41) is 19.5. The highest BCUT2D eigenvalue weighted by Crippen LogP contribution is 2.63. The third kappa shape index (κ3) is 4.95. The van der Waals surface area contributed by atoms with Crippen LogP contribution in [0.1, 0.15) is 31.2 Å². The number of aromatic hydroxyl groups is 1. The quantitative estimate of drug-likeness (QED) is 0.219. The maximum atomic E-state index is 14.4. The Morgan fingerprint density at radius 3 is 2.27 bits per heavy atom. The van der Waals surface area contributed by atoms with Crippen molar-refractivity contribution in [3.63, 3.8) is 0 Å². The van der Waals surface area contributed by atoms with Gasteiger partial charge in [0.2, 0.25) is 17.6 Å². The molecule has 48 heavy (non-hydrogen) atoms. The monoisotopic (exact) mass is 700 g/mol. The van der Waals surface area contributed by atoms with Gasteiger partial charge in [-0.15, -0.1) is 23.2 Å². The molecule has 2 aromatic rings. The van der Waals surface area contributed by atoms with Gasteiger partial charge in [-0.2, -0.15) is 0 Å².